The van der Waals surface area contributed by atoms with Gasteiger partial charge in [-0.3, -0.25) is 13.9 Å². The normalized spacial score (nSPS) is 23.6. The van der Waals surface area contributed by atoms with E-state index in [0.717, 1.165) is 13.1 Å². The third-order valence-electron chi connectivity index (χ3n) is 2.83. The smallest absolute Gasteiger partial charge is 0.324 e. The second-order valence-electron chi connectivity index (χ2n) is 4.01. The first kappa shape index (κ1) is 12.6. The predicted octanol–water partition coefficient (Wildman–Crippen LogP) is -0.887. The second kappa shape index (κ2) is 5.05. The fraction of sp³-hybridized carbons (Fsp3) is 0.889. The minimum Gasteiger partial charge on any atom is -0.480 e. The molecule has 0 aromatic rings. The van der Waals surface area contributed by atoms with Gasteiger partial charge in [-0.15, -0.1) is 0 Å². The third kappa shape index (κ3) is 3.25. The van der Waals surface area contributed by atoms with Crippen LogP contribution in [0.15, 0.2) is 0 Å². The van der Waals surface area contributed by atoms with Crippen molar-refractivity contribution >= 4 is 16.8 Å². The summed E-state index contributed by atoms with van der Waals surface area (Å²) in [5.74, 6) is 0.454. The Kier molecular flexibility index (Phi) is 4.24. The molecule has 1 heterocycles. The lowest BCUT2D eigenvalue weighted by Gasteiger charge is -2.33. The Bertz CT molecular complexity index is 262. The van der Waals surface area contributed by atoms with Crippen molar-refractivity contribution in [1.29, 1.82) is 0 Å². The number of carboxylic acids is 1. The zero-order chi connectivity index (χ0) is 11.5. The highest BCUT2D eigenvalue weighted by Crippen LogP contribution is 2.09. The van der Waals surface area contributed by atoms with E-state index in [1.165, 1.54) is 0 Å². The summed E-state index contributed by atoms with van der Waals surface area (Å²) in [6, 6.07) is 0. The van der Waals surface area contributed by atoms with Gasteiger partial charge in [0.2, 0.25) is 0 Å². The fourth-order valence-corrected chi connectivity index (χ4v) is 2.66. The summed E-state index contributed by atoms with van der Waals surface area (Å²) in [6.45, 7) is 3.56. The molecule has 1 unspecified atom stereocenters. The minimum atomic E-state index is -0.918. The molecule has 6 heteroatoms. The summed E-state index contributed by atoms with van der Waals surface area (Å²) in [6.07, 6.45) is 0. The number of hydrogen-bond donors (Lipinski definition) is 2. The van der Waals surface area contributed by atoms with E-state index < -0.39 is 22.3 Å². The molecule has 0 aromatic heterocycles. The van der Waals surface area contributed by atoms with Gasteiger partial charge in [0.15, 0.2) is 0 Å². The monoisotopic (exact) mass is 234 g/mol. The molecule has 1 rings (SSSR count). The highest BCUT2D eigenvalue weighted by molar-refractivity contribution is 7.85. The Balaban J connectivity index is 2.52. The van der Waals surface area contributed by atoms with Crippen LogP contribution in [0.2, 0.25) is 0 Å². The number of aliphatic carboxylic acids is 1. The highest BCUT2D eigenvalue weighted by atomic mass is 32.2. The van der Waals surface area contributed by atoms with Gasteiger partial charge in [0, 0.05) is 41.9 Å². The van der Waals surface area contributed by atoms with Gasteiger partial charge in [0.25, 0.3) is 0 Å². The number of nitrogens with zero attached hydrogens (tertiary/aromatic N) is 1. The van der Waals surface area contributed by atoms with E-state index in [-0.39, 0.29) is 0 Å². The molecule has 1 atom stereocenters. The van der Waals surface area contributed by atoms with Crippen molar-refractivity contribution in [3.8, 4) is 0 Å². The summed E-state index contributed by atoms with van der Waals surface area (Å²) in [4.78, 5) is 13.1. The first-order valence-electron chi connectivity index (χ1n) is 4.97. The number of nitrogens with one attached hydrogen (secondary N) is 1. The molecule has 2 N–H and O–H groups in total. The standard InChI is InChI=1S/C9H18N2O3S/c1-9(10-2,8(12)13)7-11-3-5-15(14)6-4-11/h10H,3-7H2,1-2H3,(H,12,13). The number of carboxylic acid groups (broad SMARTS) is 1. The molecule has 0 saturated carbocycles. The highest BCUT2D eigenvalue weighted by Gasteiger charge is 2.34. The van der Waals surface area contributed by atoms with Crippen LogP contribution in [0, 0.1) is 0 Å². The average molecular weight is 234 g/mol. The van der Waals surface area contributed by atoms with Crippen LogP contribution in [0.5, 0.6) is 0 Å². The van der Waals surface area contributed by atoms with Gasteiger partial charge >= 0.3 is 5.97 Å². The Morgan fingerprint density at radius 2 is 2.07 bits per heavy atom. The van der Waals surface area contributed by atoms with Crippen molar-refractivity contribution in [1.82, 2.24) is 10.2 Å². The molecule has 88 valence electrons. The lowest BCUT2D eigenvalue weighted by molar-refractivity contribution is -0.144. The summed E-state index contributed by atoms with van der Waals surface area (Å²) >= 11 is 0. The molecule has 0 bridgehead atoms. The van der Waals surface area contributed by atoms with Crippen LogP contribution in [0.1, 0.15) is 6.92 Å². The van der Waals surface area contributed by atoms with Crippen LogP contribution < -0.4 is 5.32 Å². The summed E-state index contributed by atoms with van der Waals surface area (Å²) in [7, 11) is 0.938. The number of likely N-dealkylation sites (N-methyl/N-ethyl adjacent to an activating group) is 1. The molecule has 0 radical (unpaired) electrons. The van der Waals surface area contributed by atoms with Crippen LogP contribution in [0.25, 0.3) is 0 Å². The Labute approximate surface area is 92.3 Å². The molecule has 15 heavy (non-hydrogen) atoms. The van der Waals surface area contributed by atoms with Crippen LogP contribution >= 0.6 is 0 Å². The number of rotatable bonds is 4. The maximum absolute atomic E-state index is 11.1. The lowest BCUT2D eigenvalue weighted by Crippen LogP contribution is -2.57. The summed E-state index contributed by atoms with van der Waals surface area (Å²) < 4.78 is 11.1. The van der Waals surface area contributed by atoms with E-state index in [1.54, 1.807) is 14.0 Å². The predicted molar refractivity (Wildman–Crippen MR) is 59.4 cm³/mol. The first-order valence-corrected chi connectivity index (χ1v) is 6.46. The van der Waals surface area contributed by atoms with E-state index in [2.05, 4.69) is 5.32 Å². The second-order valence-corrected chi connectivity index (χ2v) is 5.71. The molecule has 5 nitrogen and oxygen atoms in total. The van der Waals surface area contributed by atoms with E-state index in [4.69, 9.17) is 5.11 Å². The van der Waals surface area contributed by atoms with E-state index in [9.17, 15) is 9.00 Å². The van der Waals surface area contributed by atoms with Gasteiger partial charge in [-0.2, -0.15) is 0 Å². The zero-order valence-electron chi connectivity index (χ0n) is 9.15. The number of carbonyl (C=O) groups is 1. The Morgan fingerprint density at radius 3 is 2.47 bits per heavy atom. The van der Waals surface area contributed by atoms with Gasteiger partial charge in [0.1, 0.15) is 5.54 Å². The fourth-order valence-electron chi connectivity index (χ4n) is 1.53. The molecule has 0 aliphatic carbocycles. The Morgan fingerprint density at radius 1 is 1.53 bits per heavy atom. The maximum atomic E-state index is 11.1. The molecule has 0 aromatic carbocycles. The molecule has 1 aliphatic heterocycles. The van der Waals surface area contributed by atoms with Crippen molar-refractivity contribution in [3.05, 3.63) is 0 Å². The molecule has 1 fully saturated rings. The van der Waals surface area contributed by atoms with Gasteiger partial charge in [-0.05, 0) is 14.0 Å². The van der Waals surface area contributed by atoms with Crippen LogP contribution in [-0.4, -0.2) is 63.9 Å². The van der Waals surface area contributed by atoms with Crippen LogP contribution in [-0.2, 0) is 15.6 Å². The van der Waals surface area contributed by atoms with Crippen molar-refractivity contribution in [2.24, 2.45) is 0 Å². The summed E-state index contributed by atoms with van der Waals surface area (Å²) in [5.41, 5.74) is -0.918. The molecule has 1 saturated heterocycles. The van der Waals surface area contributed by atoms with Crippen molar-refractivity contribution < 1.29 is 14.1 Å². The molecule has 0 amide bonds. The summed E-state index contributed by atoms with van der Waals surface area (Å²) in [5, 5.41) is 11.9. The van der Waals surface area contributed by atoms with Crippen LogP contribution in [0.4, 0.5) is 0 Å². The Hall–Kier alpha value is -0.460. The van der Waals surface area contributed by atoms with Crippen LogP contribution in [0.3, 0.4) is 0 Å². The maximum Gasteiger partial charge on any atom is 0.324 e. The van der Waals surface area contributed by atoms with E-state index in [1.807, 2.05) is 4.90 Å². The molecular formula is C9H18N2O3S. The SMILES string of the molecule is CNC(C)(CN1CCS(=O)CC1)C(=O)O. The van der Waals surface area contributed by atoms with Gasteiger partial charge in [-0.25, -0.2) is 0 Å². The third-order valence-corrected chi connectivity index (χ3v) is 4.11. The quantitative estimate of drug-likeness (QED) is 0.660. The molecular weight excluding hydrogens is 216 g/mol. The van der Waals surface area contributed by atoms with Gasteiger partial charge in [0.05, 0.1) is 0 Å². The topological polar surface area (TPSA) is 69.6 Å². The minimum absolute atomic E-state index is 0.454. The van der Waals surface area contributed by atoms with Crippen molar-refractivity contribution in [3.63, 3.8) is 0 Å². The average Bonchev–Trinajstić information content (AvgIpc) is 2.21. The van der Waals surface area contributed by atoms with E-state index in [0.29, 0.717) is 18.1 Å². The van der Waals surface area contributed by atoms with Crippen molar-refractivity contribution in [2.45, 2.75) is 12.5 Å². The zero-order valence-corrected chi connectivity index (χ0v) is 9.97. The van der Waals surface area contributed by atoms with Crippen molar-refractivity contribution in [2.75, 3.05) is 38.2 Å². The largest absolute Gasteiger partial charge is 0.480 e. The van der Waals surface area contributed by atoms with E-state index >= 15 is 0 Å². The van der Waals surface area contributed by atoms with Gasteiger partial charge in [-0.1, -0.05) is 0 Å². The lowest BCUT2D eigenvalue weighted by atomic mass is 10.0. The van der Waals surface area contributed by atoms with Gasteiger partial charge < -0.3 is 10.4 Å². The molecule has 1 aliphatic rings. The first-order chi connectivity index (χ1) is 6.98. The molecule has 0 spiro atoms. The number of hydrogen-bond acceptors (Lipinski definition) is 4.